The largest absolute Gasteiger partial charge is 0.416 e. The number of benzene rings is 2. The van der Waals surface area contributed by atoms with Gasteiger partial charge in [-0.1, -0.05) is 36.1 Å². The summed E-state index contributed by atoms with van der Waals surface area (Å²) in [5.74, 6) is 5.05. The van der Waals surface area contributed by atoms with E-state index in [1.54, 1.807) is 24.3 Å². The lowest BCUT2D eigenvalue weighted by Gasteiger charge is -2.07. The first-order valence-electron chi connectivity index (χ1n) is 7.77. The molecular weight excluding hydrogens is 377 g/mol. The van der Waals surface area contributed by atoms with E-state index in [0.29, 0.717) is 10.9 Å². The van der Waals surface area contributed by atoms with Gasteiger partial charge in [-0.15, -0.1) is 0 Å². The molecule has 0 bridgehead atoms. The predicted molar refractivity (Wildman–Crippen MR) is 95.3 cm³/mol. The van der Waals surface area contributed by atoms with Crippen molar-refractivity contribution >= 4 is 20.9 Å². The van der Waals surface area contributed by atoms with Crippen LogP contribution in [-0.4, -0.2) is 19.9 Å². The van der Waals surface area contributed by atoms with Gasteiger partial charge in [0.15, 0.2) is 0 Å². The van der Waals surface area contributed by atoms with Crippen molar-refractivity contribution in [2.75, 3.05) is 6.54 Å². The van der Waals surface area contributed by atoms with Gasteiger partial charge in [0.05, 0.1) is 17.6 Å². The Morgan fingerprint density at radius 2 is 1.78 bits per heavy atom. The highest BCUT2D eigenvalue weighted by Gasteiger charge is 2.30. The summed E-state index contributed by atoms with van der Waals surface area (Å²) in [6.45, 7) is -0.248. The average molecular weight is 390 g/mol. The Balaban J connectivity index is 1.77. The smallest absolute Gasteiger partial charge is 0.255 e. The molecule has 3 rings (SSSR count). The Bertz CT molecular complexity index is 1140. The van der Waals surface area contributed by atoms with E-state index in [1.807, 2.05) is 0 Å². The van der Waals surface area contributed by atoms with Crippen LogP contribution in [0.25, 0.3) is 10.9 Å². The van der Waals surface area contributed by atoms with Gasteiger partial charge in [-0.2, -0.15) is 17.9 Å². The summed E-state index contributed by atoms with van der Waals surface area (Å²) in [6.07, 6.45) is -2.96. The first-order chi connectivity index (χ1) is 12.8. The van der Waals surface area contributed by atoms with Crippen molar-refractivity contribution in [1.82, 2.24) is 9.71 Å². The van der Waals surface area contributed by atoms with Gasteiger partial charge in [0.1, 0.15) is 4.90 Å². The third-order valence-corrected chi connectivity index (χ3v) is 5.09. The molecule has 138 valence electrons. The van der Waals surface area contributed by atoms with Crippen molar-refractivity contribution in [1.29, 1.82) is 0 Å². The van der Waals surface area contributed by atoms with Crippen LogP contribution in [-0.2, 0) is 16.2 Å². The third kappa shape index (κ3) is 4.45. The Kier molecular flexibility index (Phi) is 5.17. The number of hydrogen-bond acceptors (Lipinski definition) is 3. The molecule has 0 spiro atoms. The van der Waals surface area contributed by atoms with Crippen LogP contribution in [0, 0.1) is 11.8 Å². The molecule has 0 saturated carbocycles. The van der Waals surface area contributed by atoms with Gasteiger partial charge < -0.3 is 0 Å². The van der Waals surface area contributed by atoms with Crippen molar-refractivity contribution in [2.45, 2.75) is 11.1 Å². The van der Waals surface area contributed by atoms with Crippen LogP contribution in [0.15, 0.2) is 65.7 Å². The molecule has 27 heavy (non-hydrogen) atoms. The number of sulfonamides is 1. The molecule has 2 aromatic carbocycles. The average Bonchev–Trinajstić information content (AvgIpc) is 2.64. The lowest BCUT2D eigenvalue weighted by molar-refractivity contribution is -0.137. The maximum Gasteiger partial charge on any atom is 0.416 e. The number of fused-ring (bicyclic) bond motifs is 1. The van der Waals surface area contributed by atoms with E-state index in [1.165, 1.54) is 24.4 Å². The Morgan fingerprint density at radius 3 is 2.56 bits per heavy atom. The van der Waals surface area contributed by atoms with Crippen LogP contribution in [0.1, 0.15) is 11.1 Å². The van der Waals surface area contributed by atoms with Gasteiger partial charge in [-0.3, -0.25) is 4.98 Å². The number of halogens is 3. The molecule has 1 aromatic heterocycles. The molecular formula is C19H13F3N2O2S. The van der Waals surface area contributed by atoms with Crippen LogP contribution in [0.4, 0.5) is 13.2 Å². The van der Waals surface area contributed by atoms with Crippen LogP contribution < -0.4 is 4.72 Å². The molecule has 0 amide bonds. The minimum Gasteiger partial charge on any atom is -0.255 e. The second-order valence-electron chi connectivity index (χ2n) is 5.54. The minimum absolute atomic E-state index is 0.0152. The van der Waals surface area contributed by atoms with Crippen molar-refractivity contribution < 1.29 is 21.6 Å². The van der Waals surface area contributed by atoms with Crippen LogP contribution in [0.5, 0.6) is 0 Å². The molecule has 0 aliphatic heterocycles. The first kappa shape index (κ1) is 18.9. The molecule has 4 nitrogen and oxygen atoms in total. The van der Waals surface area contributed by atoms with E-state index in [2.05, 4.69) is 21.5 Å². The SMILES string of the molecule is O=S(=O)(NCC#Cc1cccc(C(F)(F)F)c1)c1cccc2cccnc12. The number of aromatic nitrogens is 1. The van der Waals surface area contributed by atoms with Crippen LogP contribution in [0.2, 0.25) is 0 Å². The van der Waals surface area contributed by atoms with Gasteiger partial charge in [0.25, 0.3) is 0 Å². The molecule has 1 heterocycles. The van der Waals surface area contributed by atoms with Gasteiger partial charge in [-0.25, -0.2) is 8.42 Å². The minimum atomic E-state index is -4.46. The molecule has 0 atom stereocenters. The molecule has 0 unspecified atom stereocenters. The first-order valence-corrected chi connectivity index (χ1v) is 9.25. The monoisotopic (exact) mass is 390 g/mol. The zero-order valence-corrected chi connectivity index (χ0v) is 14.6. The number of hydrogen-bond donors (Lipinski definition) is 1. The van der Waals surface area contributed by atoms with E-state index in [4.69, 9.17) is 0 Å². The van der Waals surface area contributed by atoms with Gasteiger partial charge in [0, 0.05) is 17.1 Å². The molecule has 1 N–H and O–H groups in total. The quantitative estimate of drug-likeness (QED) is 0.696. The fourth-order valence-electron chi connectivity index (χ4n) is 2.42. The number of rotatable bonds is 3. The normalized spacial score (nSPS) is 11.8. The molecule has 8 heteroatoms. The molecule has 0 fully saturated rings. The van der Waals surface area contributed by atoms with E-state index >= 15 is 0 Å². The summed E-state index contributed by atoms with van der Waals surface area (Å²) < 4.78 is 65.3. The van der Waals surface area contributed by atoms with Gasteiger partial charge in [-0.05, 0) is 30.3 Å². The molecule has 0 saturated heterocycles. The van der Waals surface area contributed by atoms with Crippen molar-refractivity contribution in [3.05, 3.63) is 71.9 Å². The van der Waals surface area contributed by atoms with Crippen LogP contribution in [0.3, 0.4) is 0 Å². The summed E-state index contributed by atoms with van der Waals surface area (Å²) in [5.41, 5.74) is -0.328. The highest BCUT2D eigenvalue weighted by molar-refractivity contribution is 7.89. The zero-order chi connectivity index (χ0) is 19.5. The number of alkyl halides is 3. The zero-order valence-electron chi connectivity index (χ0n) is 13.8. The van der Waals surface area contributed by atoms with E-state index < -0.39 is 21.8 Å². The molecule has 3 aromatic rings. The summed E-state index contributed by atoms with van der Waals surface area (Å²) >= 11 is 0. The fraction of sp³-hybridized carbons (Fsp3) is 0.105. The summed E-state index contributed by atoms with van der Waals surface area (Å²) in [7, 11) is -3.87. The van der Waals surface area contributed by atoms with Gasteiger partial charge in [0.2, 0.25) is 10.0 Å². The Morgan fingerprint density at radius 1 is 1.04 bits per heavy atom. The second-order valence-corrected chi connectivity index (χ2v) is 7.27. The van der Waals surface area contributed by atoms with Crippen molar-refractivity contribution in [2.24, 2.45) is 0 Å². The lowest BCUT2D eigenvalue weighted by Crippen LogP contribution is -2.24. The number of nitrogens with one attached hydrogen (secondary N) is 1. The number of para-hydroxylation sites is 1. The highest BCUT2D eigenvalue weighted by Crippen LogP contribution is 2.29. The molecule has 0 aliphatic rings. The standard InChI is InChI=1S/C19H13F3N2O2S/c20-19(21,22)16-9-1-5-14(13-16)6-3-12-24-27(25,26)17-10-2-7-15-8-4-11-23-18(15)17/h1-2,4-5,7-11,13,24H,12H2. The van der Waals surface area contributed by atoms with Crippen molar-refractivity contribution in [3.63, 3.8) is 0 Å². The number of nitrogens with zero attached hydrogens (tertiary/aromatic N) is 1. The Hall–Kier alpha value is -2.89. The lowest BCUT2D eigenvalue weighted by atomic mass is 10.1. The van der Waals surface area contributed by atoms with E-state index in [9.17, 15) is 21.6 Å². The summed E-state index contributed by atoms with van der Waals surface area (Å²) in [4.78, 5) is 4.11. The Labute approximate surface area is 154 Å². The number of pyridine rings is 1. The summed E-state index contributed by atoms with van der Waals surface area (Å²) in [6, 6.07) is 12.8. The van der Waals surface area contributed by atoms with E-state index in [-0.39, 0.29) is 17.0 Å². The third-order valence-electron chi connectivity index (χ3n) is 3.66. The fourth-order valence-corrected chi connectivity index (χ4v) is 3.52. The van der Waals surface area contributed by atoms with E-state index in [0.717, 1.165) is 12.1 Å². The highest BCUT2D eigenvalue weighted by atomic mass is 32.2. The predicted octanol–water partition coefficient (Wildman–Crippen LogP) is 3.58. The molecule has 0 radical (unpaired) electrons. The van der Waals surface area contributed by atoms with Gasteiger partial charge >= 0.3 is 6.18 Å². The maximum atomic E-state index is 12.7. The van der Waals surface area contributed by atoms with Crippen molar-refractivity contribution in [3.8, 4) is 11.8 Å². The maximum absolute atomic E-state index is 12.7. The second kappa shape index (κ2) is 7.39. The summed E-state index contributed by atoms with van der Waals surface area (Å²) in [5, 5.41) is 0.676. The van der Waals surface area contributed by atoms with Crippen LogP contribution >= 0.6 is 0 Å². The molecule has 0 aliphatic carbocycles. The topological polar surface area (TPSA) is 59.1 Å².